The molecule has 1 fully saturated rings. The normalized spacial score (nSPS) is 19.2. The third-order valence-corrected chi connectivity index (χ3v) is 3.65. The summed E-state index contributed by atoms with van der Waals surface area (Å²) in [6.07, 6.45) is 1.12. The van der Waals surface area contributed by atoms with Gasteiger partial charge in [-0.05, 0) is 20.3 Å². The summed E-state index contributed by atoms with van der Waals surface area (Å²) in [4.78, 5) is 25.4. The number of rotatable bonds is 3. The minimum atomic E-state index is -0.224. The number of nitrogens with zero attached hydrogens (tertiary/aromatic N) is 3. The van der Waals surface area contributed by atoms with Crippen LogP contribution in [0.15, 0.2) is 0 Å². The fourth-order valence-corrected chi connectivity index (χ4v) is 2.45. The first-order valence-electron chi connectivity index (χ1n) is 6.81. The van der Waals surface area contributed by atoms with Gasteiger partial charge < -0.3 is 16.0 Å². The second-order valence-corrected chi connectivity index (χ2v) is 5.15. The van der Waals surface area contributed by atoms with Crippen LogP contribution in [0.3, 0.4) is 0 Å². The number of amides is 2. The first kappa shape index (κ1) is 14.4. The molecule has 0 spiro atoms. The maximum atomic E-state index is 12.4. The Morgan fingerprint density at radius 3 is 2.85 bits per heavy atom. The van der Waals surface area contributed by atoms with Crippen molar-refractivity contribution in [2.75, 3.05) is 19.3 Å². The van der Waals surface area contributed by atoms with Crippen LogP contribution in [0.1, 0.15) is 35.9 Å². The smallest absolute Gasteiger partial charge is 0.271 e. The van der Waals surface area contributed by atoms with E-state index in [1.165, 1.54) is 0 Å². The molecule has 1 saturated heterocycles. The van der Waals surface area contributed by atoms with Gasteiger partial charge in [0.2, 0.25) is 5.91 Å². The maximum Gasteiger partial charge on any atom is 0.271 e. The summed E-state index contributed by atoms with van der Waals surface area (Å²) >= 11 is 0. The zero-order valence-electron chi connectivity index (χ0n) is 12.1. The highest BCUT2D eigenvalue weighted by Crippen LogP contribution is 2.17. The van der Waals surface area contributed by atoms with E-state index in [-0.39, 0.29) is 17.9 Å². The number of anilines is 1. The van der Waals surface area contributed by atoms with Crippen LogP contribution in [-0.4, -0.2) is 46.1 Å². The topological polar surface area (TPSA) is 93.2 Å². The van der Waals surface area contributed by atoms with E-state index >= 15 is 0 Å². The highest BCUT2D eigenvalue weighted by atomic mass is 16.2. The number of carbonyl (C=O) groups is 2. The van der Waals surface area contributed by atoms with E-state index in [1.807, 2.05) is 6.92 Å². The molecule has 20 heavy (non-hydrogen) atoms. The Morgan fingerprint density at radius 1 is 1.55 bits per heavy atom. The Balaban J connectivity index is 2.11. The van der Waals surface area contributed by atoms with Crippen molar-refractivity contribution in [3.8, 4) is 0 Å². The zero-order valence-corrected chi connectivity index (χ0v) is 12.1. The van der Waals surface area contributed by atoms with Crippen LogP contribution >= 0.6 is 0 Å². The van der Waals surface area contributed by atoms with Crippen LogP contribution < -0.4 is 11.1 Å². The molecule has 0 aromatic carbocycles. The van der Waals surface area contributed by atoms with Crippen molar-refractivity contribution in [3.05, 3.63) is 11.4 Å². The quantitative estimate of drug-likeness (QED) is 0.823. The van der Waals surface area contributed by atoms with Gasteiger partial charge >= 0.3 is 0 Å². The second-order valence-electron chi connectivity index (χ2n) is 5.15. The molecule has 110 valence electrons. The average Bonchev–Trinajstić information content (AvgIpc) is 2.69. The Bertz CT molecular complexity index is 537. The largest absolute Gasteiger partial charge is 0.395 e. The number of carbonyl (C=O) groups excluding carboxylic acids is 2. The number of nitrogens with one attached hydrogen (secondary N) is 1. The van der Waals surface area contributed by atoms with Crippen molar-refractivity contribution in [2.24, 2.45) is 0 Å². The van der Waals surface area contributed by atoms with E-state index in [4.69, 9.17) is 5.73 Å². The number of hydrogen-bond acceptors (Lipinski definition) is 4. The minimum Gasteiger partial charge on any atom is -0.395 e. The predicted octanol–water partition coefficient (Wildman–Crippen LogP) is 0.144. The number of nitrogens with two attached hydrogens (primary N) is 1. The Morgan fingerprint density at radius 2 is 2.25 bits per heavy atom. The molecule has 1 aromatic heterocycles. The fourth-order valence-electron chi connectivity index (χ4n) is 2.45. The summed E-state index contributed by atoms with van der Waals surface area (Å²) in [6, 6.07) is -0.0369. The van der Waals surface area contributed by atoms with Crippen molar-refractivity contribution >= 4 is 17.5 Å². The number of nitrogen functional groups attached to an aromatic ring is 1. The molecule has 1 aliphatic rings. The van der Waals surface area contributed by atoms with Gasteiger partial charge in [-0.3, -0.25) is 14.3 Å². The highest BCUT2D eigenvalue weighted by Gasteiger charge is 2.26. The van der Waals surface area contributed by atoms with E-state index in [9.17, 15) is 9.59 Å². The summed E-state index contributed by atoms with van der Waals surface area (Å²) < 4.78 is 1.61. The maximum absolute atomic E-state index is 12.4. The molecule has 1 atom stereocenters. The Labute approximate surface area is 118 Å². The van der Waals surface area contributed by atoms with Crippen LogP contribution in [0.2, 0.25) is 0 Å². The van der Waals surface area contributed by atoms with Gasteiger partial charge in [-0.15, -0.1) is 0 Å². The van der Waals surface area contributed by atoms with Gasteiger partial charge in [0.15, 0.2) is 0 Å². The number of likely N-dealkylation sites (N-methyl/N-ethyl adjacent to an activating group) is 1. The third-order valence-electron chi connectivity index (χ3n) is 3.65. The van der Waals surface area contributed by atoms with E-state index in [0.29, 0.717) is 43.0 Å². The van der Waals surface area contributed by atoms with E-state index in [0.717, 1.165) is 0 Å². The number of likely N-dealkylation sites (tertiary alicyclic amines) is 1. The van der Waals surface area contributed by atoms with Gasteiger partial charge in [0.05, 0.1) is 11.4 Å². The van der Waals surface area contributed by atoms with Gasteiger partial charge in [0.25, 0.3) is 5.91 Å². The van der Waals surface area contributed by atoms with Crippen molar-refractivity contribution in [1.82, 2.24) is 20.0 Å². The Hall–Kier alpha value is -2.05. The predicted molar refractivity (Wildman–Crippen MR) is 75.2 cm³/mol. The SMILES string of the molecule is CCn1nc(C)c(N)c1C(=O)NC1CCC(=O)N(C)C1. The van der Waals surface area contributed by atoms with E-state index < -0.39 is 0 Å². The van der Waals surface area contributed by atoms with Crippen molar-refractivity contribution in [3.63, 3.8) is 0 Å². The van der Waals surface area contributed by atoms with Crippen LogP contribution in [0.4, 0.5) is 5.69 Å². The lowest BCUT2D eigenvalue weighted by Crippen LogP contribution is -2.48. The molecule has 7 nitrogen and oxygen atoms in total. The lowest BCUT2D eigenvalue weighted by molar-refractivity contribution is -0.132. The number of piperidine rings is 1. The molecule has 0 bridgehead atoms. The molecule has 3 N–H and O–H groups in total. The van der Waals surface area contributed by atoms with E-state index in [2.05, 4.69) is 10.4 Å². The number of aromatic nitrogens is 2. The fraction of sp³-hybridized carbons (Fsp3) is 0.615. The molecule has 1 unspecified atom stereocenters. The van der Waals surface area contributed by atoms with Gasteiger partial charge in [-0.1, -0.05) is 0 Å². The Kier molecular flexibility index (Phi) is 3.96. The number of aryl methyl sites for hydroxylation is 2. The van der Waals surface area contributed by atoms with Crippen LogP contribution in [0.5, 0.6) is 0 Å². The molecule has 0 aliphatic carbocycles. The molecular formula is C13H21N5O2. The first-order chi connectivity index (χ1) is 9.43. The van der Waals surface area contributed by atoms with Crippen LogP contribution in [-0.2, 0) is 11.3 Å². The molecule has 1 aliphatic heterocycles. The summed E-state index contributed by atoms with van der Waals surface area (Å²) in [7, 11) is 1.75. The molecule has 7 heteroatoms. The summed E-state index contributed by atoms with van der Waals surface area (Å²) in [6.45, 7) is 4.81. The van der Waals surface area contributed by atoms with Crippen LogP contribution in [0, 0.1) is 6.92 Å². The van der Waals surface area contributed by atoms with Crippen molar-refractivity contribution < 1.29 is 9.59 Å². The van der Waals surface area contributed by atoms with Gasteiger partial charge in [-0.2, -0.15) is 5.10 Å². The molecule has 2 rings (SSSR count). The molecule has 0 saturated carbocycles. The molecule has 2 heterocycles. The second kappa shape index (κ2) is 5.52. The van der Waals surface area contributed by atoms with Crippen LogP contribution in [0.25, 0.3) is 0 Å². The first-order valence-corrected chi connectivity index (χ1v) is 6.81. The average molecular weight is 279 g/mol. The van der Waals surface area contributed by atoms with Gasteiger partial charge in [-0.25, -0.2) is 0 Å². The zero-order chi connectivity index (χ0) is 14.9. The number of hydrogen-bond donors (Lipinski definition) is 2. The summed E-state index contributed by atoms with van der Waals surface area (Å²) in [5.41, 5.74) is 7.41. The molecule has 2 amide bonds. The van der Waals surface area contributed by atoms with E-state index in [1.54, 1.807) is 23.6 Å². The molecule has 1 aromatic rings. The van der Waals surface area contributed by atoms with Crippen molar-refractivity contribution in [2.45, 2.75) is 39.3 Å². The standard InChI is InChI=1S/C13H21N5O2/c1-4-18-12(11(14)8(2)16-18)13(20)15-9-5-6-10(19)17(3)7-9/h9H,4-7,14H2,1-3H3,(H,15,20). The minimum absolute atomic E-state index is 0.0369. The summed E-state index contributed by atoms with van der Waals surface area (Å²) in [5.74, 6) is -0.109. The molecule has 0 radical (unpaired) electrons. The van der Waals surface area contributed by atoms with Gasteiger partial charge in [0.1, 0.15) is 5.69 Å². The lowest BCUT2D eigenvalue weighted by atomic mass is 10.1. The van der Waals surface area contributed by atoms with Gasteiger partial charge in [0, 0.05) is 32.6 Å². The highest BCUT2D eigenvalue weighted by molar-refractivity contribution is 5.98. The monoisotopic (exact) mass is 279 g/mol. The van der Waals surface area contributed by atoms with Crippen molar-refractivity contribution in [1.29, 1.82) is 0 Å². The molecular weight excluding hydrogens is 258 g/mol. The lowest BCUT2D eigenvalue weighted by Gasteiger charge is -2.30. The summed E-state index contributed by atoms with van der Waals surface area (Å²) in [5, 5.41) is 7.18. The third kappa shape index (κ3) is 2.61.